The second-order valence-corrected chi connectivity index (χ2v) is 10.1. The third-order valence-corrected chi connectivity index (χ3v) is 7.75. The van der Waals surface area contributed by atoms with E-state index in [0.717, 1.165) is 24.2 Å². The number of nitrogens with one attached hydrogen (secondary N) is 1. The van der Waals surface area contributed by atoms with Crippen LogP contribution < -0.4 is 5.32 Å². The normalized spacial score (nSPS) is 15.6. The third kappa shape index (κ3) is 4.41. The number of carbonyl (C=O) groups excluding carboxylic acids is 1. The fraction of sp³-hybridized carbons (Fsp3) is 0.500. The van der Waals surface area contributed by atoms with Crippen LogP contribution in [0.15, 0.2) is 35.2 Å². The molecule has 6 nitrogen and oxygen atoms in total. The second kappa shape index (κ2) is 8.71. The van der Waals surface area contributed by atoms with Gasteiger partial charge in [-0.25, -0.2) is 12.7 Å². The zero-order valence-electron chi connectivity index (χ0n) is 17.7. The average molecular weight is 418 g/mol. The summed E-state index contributed by atoms with van der Waals surface area (Å²) in [5.41, 5.74) is 3.34. The van der Waals surface area contributed by atoms with E-state index in [9.17, 15) is 13.2 Å². The first-order chi connectivity index (χ1) is 13.7. The van der Waals surface area contributed by atoms with Crippen LogP contribution in [0.25, 0.3) is 0 Å². The predicted octanol–water partition coefficient (Wildman–Crippen LogP) is 3.79. The molecule has 1 saturated carbocycles. The van der Waals surface area contributed by atoms with Gasteiger partial charge in [-0.2, -0.15) is 0 Å². The number of aryl methyl sites for hydroxylation is 1. The minimum atomic E-state index is -3.57. The summed E-state index contributed by atoms with van der Waals surface area (Å²) in [5, 5.41) is 2.92. The summed E-state index contributed by atoms with van der Waals surface area (Å²) in [4.78, 5) is 13.1. The molecule has 0 saturated heterocycles. The number of hydrogen-bond donors (Lipinski definition) is 1. The molecule has 0 spiro atoms. The Balaban J connectivity index is 1.79. The highest BCUT2D eigenvalue weighted by Crippen LogP contribution is 2.32. The van der Waals surface area contributed by atoms with Gasteiger partial charge < -0.3 is 9.88 Å². The van der Waals surface area contributed by atoms with Crippen molar-refractivity contribution in [1.29, 1.82) is 0 Å². The van der Waals surface area contributed by atoms with Gasteiger partial charge >= 0.3 is 0 Å². The van der Waals surface area contributed by atoms with Crippen molar-refractivity contribution in [2.24, 2.45) is 0 Å². The highest BCUT2D eigenvalue weighted by Gasteiger charge is 2.24. The minimum Gasteiger partial charge on any atom is -0.348 e. The molecule has 2 aromatic rings. The van der Waals surface area contributed by atoms with Gasteiger partial charge in [-0.15, -0.1) is 0 Å². The van der Waals surface area contributed by atoms with Gasteiger partial charge in [0.1, 0.15) is 0 Å². The van der Waals surface area contributed by atoms with E-state index in [1.54, 1.807) is 24.3 Å². The van der Waals surface area contributed by atoms with Crippen LogP contribution in [-0.2, 0) is 16.6 Å². The maximum Gasteiger partial charge on any atom is 0.253 e. The number of rotatable bonds is 6. The molecule has 1 aromatic carbocycles. The van der Waals surface area contributed by atoms with Gasteiger partial charge in [-0.05, 0) is 44.4 Å². The first-order valence-corrected chi connectivity index (χ1v) is 11.6. The van der Waals surface area contributed by atoms with Crippen LogP contribution in [0, 0.1) is 13.8 Å². The van der Waals surface area contributed by atoms with Crippen LogP contribution in [0.4, 0.5) is 0 Å². The molecule has 0 unspecified atom stereocenters. The van der Waals surface area contributed by atoms with Gasteiger partial charge in [0.15, 0.2) is 0 Å². The predicted molar refractivity (Wildman–Crippen MR) is 115 cm³/mol. The standard InChI is InChI=1S/C22H31N3O3S/c1-16-14-20(17(2)25(16)19-11-6-5-7-12-19)22(26)23-15-18-10-8-9-13-21(18)29(27,28)24(3)4/h8-10,13-14,19H,5-7,11-12,15H2,1-4H3,(H,23,26). The molecule has 158 valence electrons. The van der Waals surface area contributed by atoms with Crippen molar-refractivity contribution < 1.29 is 13.2 Å². The Hall–Kier alpha value is -2.12. The molecule has 1 N–H and O–H groups in total. The molecule has 0 atom stereocenters. The topological polar surface area (TPSA) is 71.4 Å². The van der Waals surface area contributed by atoms with Crippen LogP contribution >= 0.6 is 0 Å². The Kier molecular flexibility index (Phi) is 6.49. The van der Waals surface area contributed by atoms with Crippen LogP contribution in [0.1, 0.15) is 65.5 Å². The van der Waals surface area contributed by atoms with Crippen molar-refractivity contribution >= 4 is 15.9 Å². The maximum atomic E-state index is 12.9. The van der Waals surface area contributed by atoms with E-state index >= 15 is 0 Å². The molecule has 1 aromatic heterocycles. The van der Waals surface area contributed by atoms with Crippen LogP contribution in [0.5, 0.6) is 0 Å². The van der Waals surface area contributed by atoms with E-state index in [-0.39, 0.29) is 17.3 Å². The van der Waals surface area contributed by atoms with Gasteiger partial charge in [-0.1, -0.05) is 37.5 Å². The molecule has 0 bridgehead atoms. The Morgan fingerprint density at radius 1 is 1.14 bits per heavy atom. The molecule has 1 aliphatic carbocycles. The fourth-order valence-electron chi connectivity index (χ4n) is 4.28. The van der Waals surface area contributed by atoms with Gasteiger partial charge in [0.2, 0.25) is 10.0 Å². The van der Waals surface area contributed by atoms with Crippen molar-refractivity contribution in [3.05, 3.63) is 52.8 Å². The number of nitrogens with zero attached hydrogens (tertiary/aromatic N) is 2. The Morgan fingerprint density at radius 3 is 2.45 bits per heavy atom. The first-order valence-electron chi connectivity index (χ1n) is 10.2. The molecule has 1 fully saturated rings. The lowest BCUT2D eigenvalue weighted by Gasteiger charge is -2.26. The molecular formula is C22H31N3O3S. The first kappa shape index (κ1) is 21.6. The highest BCUT2D eigenvalue weighted by atomic mass is 32.2. The van der Waals surface area contributed by atoms with Gasteiger partial charge in [0.05, 0.1) is 10.5 Å². The van der Waals surface area contributed by atoms with Crippen molar-refractivity contribution in [2.45, 2.75) is 63.4 Å². The Morgan fingerprint density at radius 2 is 1.79 bits per heavy atom. The number of aromatic nitrogens is 1. The lowest BCUT2D eigenvalue weighted by molar-refractivity contribution is 0.0949. The summed E-state index contributed by atoms with van der Waals surface area (Å²) in [6, 6.07) is 9.20. The van der Waals surface area contributed by atoms with Crippen molar-refractivity contribution in [3.63, 3.8) is 0 Å². The van der Waals surface area contributed by atoms with Crippen molar-refractivity contribution in [3.8, 4) is 0 Å². The monoisotopic (exact) mass is 417 g/mol. The summed E-state index contributed by atoms with van der Waals surface area (Å²) in [7, 11) is -0.558. The Bertz CT molecular complexity index is 987. The lowest BCUT2D eigenvalue weighted by atomic mass is 9.95. The summed E-state index contributed by atoms with van der Waals surface area (Å²) in [6.45, 7) is 4.22. The lowest BCUT2D eigenvalue weighted by Crippen LogP contribution is -2.27. The van der Waals surface area contributed by atoms with Gasteiger partial charge in [0.25, 0.3) is 5.91 Å². The number of hydrogen-bond acceptors (Lipinski definition) is 3. The van der Waals surface area contributed by atoms with E-state index in [4.69, 9.17) is 0 Å². The number of carbonyl (C=O) groups is 1. The molecule has 0 radical (unpaired) electrons. The summed E-state index contributed by atoms with van der Waals surface area (Å²) < 4.78 is 28.6. The fourth-order valence-corrected chi connectivity index (χ4v) is 5.39. The second-order valence-electron chi connectivity index (χ2n) is 8.02. The minimum absolute atomic E-state index is 0.162. The maximum absolute atomic E-state index is 12.9. The van der Waals surface area contributed by atoms with E-state index in [0.29, 0.717) is 17.2 Å². The molecule has 3 rings (SSSR count). The van der Waals surface area contributed by atoms with E-state index < -0.39 is 10.0 Å². The van der Waals surface area contributed by atoms with Crippen LogP contribution in [0.2, 0.25) is 0 Å². The molecule has 0 aliphatic heterocycles. The molecule has 1 amide bonds. The zero-order chi connectivity index (χ0) is 21.2. The van der Waals surface area contributed by atoms with Gasteiger partial charge in [-0.3, -0.25) is 4.79 Å². The van der Waals surface area contributed by atoms with Crippen molar-refractivity contribution in [1.82, 2.24) is 14.2 Å². The number of sulfonamides is 1. The summed E-state index contributed by atoms with van der Waals surface area (Å²) >= 11 is 0. The van der Waals surface area contributed by atoms with Gasteiger partial charge in [0, 0.05) is 38.1 Å². The van der Waals surface area contributed by atoms with Crippen LogP contribution in [-0.4, -0.2) is 37.3 Å². The molecule has 7 heteroatoms. The third-order valence-electron chi connectivity index (χ3n) is 5.84. The summed E-state index contributed by atoms with van der Waals surface area (Å²) in [6.07, 6.45) is 6.08. The number of benzene rings is 1. The molecular weight excluding hydrogens is 386 g/mol. The zero-order valence-corrected chi connectivity index (χ0v) is 18.6. The number of amides is 1. The van der Waals surface area contributed by atoms with Crippen LogP contribution in [0.3, 0.4) is 0 Å². The Labute approximate surface area is 174 Å². The van der Waals surface area contributed by atoms with E-state index in [1.165, 1.54) is 37.7 Å². The molecule has 29 heavy (non-hydrogen) atoms. The SMILES string of the molecule is Cc1cc(C(=O)NCc2ccccc2S(=O)(=O)N(C)C)c(C)n1C1CCCCC1. The molecule has 1 aliphatic rings. The van der Waals surface area contributed by atoms with E-state index in [2.05, 4.69) is 16.8 Å². The average Bonchev–Trinajstić information content (AvgIpc) is 3.01. The largest absolute Gasteiger partial charge is 0.348 e. The van der Waals surface area contributed by atoms with E-state index in [1.807, 2.05) is 13.0 Å². The molecule has 1 heterocycles. The smallest absolute Gasteiger partial charge is 0.253 e. The van der Waals surface area contributed by atoms with Crippen molar-refractivity contribution in [2.75, 3.05) is 14.1 Å². The quantitative estimate of drug-likeness (QED) is 0.777. The summed E-state index contributed by atoms with van der Waals surface area (Å²) in [5.74, 6) is -0.169. The highest BCUT2D eigenvalue weighted by molar-refractivity contribution is 7.89.